The Balaban J connectivity index is 1.35. The largest absolute Gasteiger partial charge is 0.370 e. The Labute approximate surface area is 179 Å². The number of alkyl halides is 2. The molecule has 1 aromatic carbocycles. The molecule has 1 aromatic heterocycles. The average molecular weight is 435 g/mol. The Morgan fingerprint density at radius 1 is 1.27 bits per heavy atom. The maximum Gasteiger partial charge on any atom is 0.262 e. The van der Waals surface area contributed by atoms with Crippen LogP contribution in [0, 0.1) is 5.41 Å². The molecule has 3 N–H and O–H groups in total. The van der Waals surface area contributed by atoms with E-state index in [1.165, 1.54) is 6.21 Å². The van der Waals surface area contributed by atoms with E-state index in [1.807, 2.05) is 16.9 Å². The molecule has 0 atom stereocenters. The summed E-state index contributed by atoms with van der Waals surface area (Å²) in [5.74, 6) is -2.62. The Bertz CT molecular complexity index is 962. The lowest BCUT2D eigenvalue weighted by Gasteiger charge is -2.40. The highest BCUT2D eigenvalue weighted by Gasteiger charge is 2.50. The first-order valence-corrected chi connectivity index (χ1v) is 10.8. The number of rotatable bonds is 5. The second-order valence-corrected chi connectivity index (χ2v) is 9.16. The van der Waals surface area contributed by atoms with Crippen molar-refractivity contribution in [2.75, 3.05) is 29.9 Å². The Hall–Kier alpha value is -2.19. The third-order valence-corrected chi connectivity index (χ3v) is 6.76. The third-order valence-electron chi connectivity index (χ3n) is 6.46. The van der Waals surface area contributed by atoms with Crippen LogP contribution in [0.4, 0.5) is 25.8 Å². The van der Waals surface area contributed by atoms with Crippen LogP contribution in [-0.2, 0) is 0 Å². The summed E-state index contributed by atoms with van der Waals surface area (Å²) in [5, 5.41) is 19.1. The molecule has 1 spiro atoms. The van der Waals surface area contributed by atoms with Crippen molar-refractivity contribution < 1.29 is 8.78 Å². The fraction of sp³-hybridized carbons (Fsp3) is 0.524. The normalized spacial score (nSPS) is 22.4. The molecule has 6 nitrogen and oxygen atoms in total. The van der Waals surface area contributed by atoms with Crippen molar-refractivity contribution in [3.8, 4) is 0 Å². The molecule has 2 aromatic rings. The van der Waals surface area contributed by atoms with Gasteiger partial charge < -0.3 is 20.9 Å². The van der Waals surface area contributed by atoms with Crippen molar-refractivity contribution in [1.29, 1.82) is 5.41 Å². The number of hydrogen-bond acceptors (Lipinski definition) is 5. The van der Waals surface area contributed by atoms with Gasteiger partial charge in [-0.15, -0.1) is 0 Å². The monoisotopic (exact) mass is 434 g/mol. The molecule has 3 aliphatic rings. The lowest BCUT2D eigenvalue weighted by molar-refractivity contribution is 0.0140. The van der Waals surface area contributed by atoms with Gasteiger partial charge in [0.15, 0.2) is 0 Å². The summed E-state index contributed by atoms with van der Waals surface area (Å²) < 4.78 is 29.4. The number of benzene rings is 1. The molecule has 2 saturated heterocycles. The van der Waals surface area contributed by atoms with Gasteiger partial charge >= 0.3 is 0 Å². The molecule has 2 aliphatic heterocycles. The summed E-state index contributed by atoms with van der Waals surface area (Å²) >= 11 is 6.54. The molecule has 3 fully saturated rings. The zero-order valence-corrected chi connectivity index (χ0v) is 17.4. The molecular weight excluding hydrogens is 410 g/mol. The van der Waals surface area contributed by atoms with Crippen LogP contribution in [-0.4, -0.2) is 47.1 Å². The van der Waals surface area contributed by atoms with E-state index in [0.29, 0.717) is 42.6 Å². The van der Waals surface area contributed by atoms with E-state index >= 15 is 0 Å². The number of piperidine rings is 1. The van der Waals surface area contributed by atoms with E-state index in [0.717, 1.165) is 29.9 Å². The molecule has 1 aliphatic carbocycles. The van der Waals surface area contributed by atoms with Crippen LogP contribution >= 0.6 is 11.6 Å². The summed E-state index contributed by atoms with van der Waals surface area (Å²) in [6.45, 7) is 1.09. The van der Waals surface area contributed by atoms with Crippen LogP contribution in [0.15, 0.2) is 24.5 Å². The molecular formula is C21H25ClF2N6. The molecule has 0 unspecified atom stereocenters. The van der Waals surface area contributed by atoms with Gasteiger partial charge in [-0.25, -0.2) is 8.78 Å². The molecule has 30 heavy (non-hydrogen) atoms. The maximum atomic E-state index is 13.7. The minimum atomic E-state index is -2.62. The highest BCUT2D eigenvalue weighted by Crippen LogP contribution is 2.41. The Morgan fingerprint density at radius 3 is 2.67 bits per heavy atom. The molecule has 3 heterocycles. The standard InChI is InChI=1S/C21H25ClF2N6/c22-17-7-14(9-25)18(28-15-10-27-30(11-15)16-1-2-16)8-19(17)29-5-3-20(4-6-29)12-21(23,24)13-26-20/h7-11,16,25-26,28H,1-6,12-13H2. The SMILES string of the molecule is N=Cc1cc(Cl)c(N2CCC3(CC2)CC(F)(F)CN3)cc1Nc1cnn(C2CC2)c1. The molecule has 0 bridgehead atoms. The summed E-state index contributed by atoms with van der Waals surface area (Å²) in [5.41, 5.74) is 2.73. The van der Waals surface area contributed by atoms with Crippen molar-refractivity contribution in [1.82, 2.24) is 15.1 Å². The first kappa shape index (κ1) is 19.8. The van der Waals surface area contributed by atoms with Crippen molar-refractivity contribution in [3.05, 3.63) is 35.1 Å². The van der Waals surface area contributed by atoms with E-state index in [9.17, 15) is 8.78 Å². The van der Waals surface area contributed by atoms with Crippen molar-refractivity contribution >= 4 is 34.9 Å². The number of nitrogens with zero attached hydrogens (tertiary/aromatic N) is 3. The Kier molecular flexibility index (Phi) is 4.74. The first-order valence-electron chi connectivity index (χ1n) is 10.4. The lowest BCUT2D eigenvalue weighted by Crippen LogP contribution is -2.50. The smallest absolute Gasteiger partial charge is 0.262 e. The number of anilines is 3. The van der Waals surface area contributed by atoms with Crippen LogP contribution in [0.2, 0.25) is 5.02 Å². The quantitative estimate of drug-likeness (QED) is 0.602. The fourth-order valence-corrected chi connectivity index (χ4v) is 4.90. The van der Waals surface area contributed by atoms with Crippen molar-refractivity contribution in [2.45, 2.75) is 49.6 Å². The van der Waals surface area contributed by atoms with E-state index in [2.05, 4.69) is 20.6 Å². The van der Waals surface area contributed by atoms with Gasteiger partial charge in [-0.05, 0) is 37.8 Å². The molecule has 5 rings (SSSR count). The number of halogens is 3. The zero-order chi connectivity index (χ0) is 20.9. The van der Waals surface area contributed by atoms with Crippen LogP contribution in [0.25, 0.3) is 0 Å². The van der Waals surface area contributed by atoms with Gasteiger partial charge in [0.2, 0.25) is 0 Å². The topological polar surface area (TPSA) is 69.0 Å². The van der Waals surface area contributed by atoms with Crippen molar-refractivity contribution in [3.63, 3.8) is 0 Å². The lowest BCUT2D eigenvalue weighted by atomic mass is 9.85. The molecule has 160 valence electrons. The minimum absolute atomic E-state index is 0.0912. The predicted octanol–water partition coefficient (Wildman–Crippen LogP) is 4.58. The first-order chi connectivity index (χ1) is 14.4. The van der Waals surface area contributed by atoms with E-state index in [-0.39, 0.29) is 13.0 Å². The Morgan fingerprint density at radius 2 is 2.03 bits per heavy atom. The van der Waals surface area contributed by atoms with Gasteiger partial charge in [-0.2, -0.15) is 5.10 Å². The van der Waals surface area contributed by atoms with Crippen LogP contribution in [0.5, 0.6) is 0 Å². The zero-order valence-electron chi connectivity index (χ0n) is 16.6. The van der Waals surface area contributed by atoms with Gasteiger partial charge in [0, 0.05) is 48.7 Å². The van der Waals surface area contributed by atoms with E-state index in [4.69, 9.17) is 17.0 Å². The van der Waals surface area contributed by atoms with Crippen molar-refractivity contribution in [2.24, 2.45) is 0 Å². The van der Waals surface area contributed by atoms with Crippen LogP contribution in [0.1, 0.15) is 43.7 Å². The number of hydrogen-bond donors (Lipinski definition) is 3. The van der Waals surface area contributed by atoms with Crippen LogP contribution in [0.3, 0.4) is 0 Å². The molecule has 0 radical (unpaired) electrons. The summed E-state index contributed by atoms with van der Waals surface area (Å²) in [6.07, 6.45) is 8.59. The highest BCUT2D eigenvalue weighted by molar-refractivity contribution is 6.33. The average Bonchev–Trinajstić information content (AvgIpc) is 3.39. The van der Waals surface area contributed by atoms with Gasteiger partial charge in [0.1, 0.15) is 0 Å². The fourth-order valence-electron chi connectivity index (χ4n) is 4.61. The number of nitrogens with one attached hydrogen (secondary N) is 3. The third kappa shape index (κ3) is 3.78. The molecule has 0 amide bonds. The van der Waals surface area contributed by atoms with E-state index < -0.39 is 11.5 Å². The summed E-state index contributed by atoms with van der Waals surface area (Å²) in [4.78, 5) is 2.15. The van der Waals surface area contributed by atoms with Gasteiger partial charge in [0.25, 0.3) is 5.92 Å². The minimum Gasteiger partial charge on any atom is -0.370 e. The second-order valence-electron chi connectivity index (χ2n) is 8.75. The highest BCUT2D eigenvalue weighted by atomic mass is 35.5. The second kappa shape index (κ2) is 7.20. The van der Waals surface area contributed by atoms with E-state index in [1.54, 1.807) is 12.3 Å². The maximum absolute atomic E-state index is 13.7. The molecule has 9 heteroatoms. The van der Waals surface area contributed by atoms with Gasteiger partial charge in [0.05, 0.1) is 35.2 Å². The number of aromatic nitrogens is 2. The molecule has 1 saturated carbocycles. The van der Waals surface area contributed by atoms with Gasteiger partial charge in [-0.1, -0.05) is 11.6 Å². The van der Waals surface area contributed by atoms with Crippen LogP contribution < -0.4 is 15.5 Å². The van der Waals surface area contributed by atoms with Gasteiger partial charge in [-0.3, -0.25) is 4.68 Å². The summed E-state index contributed by atoms with van der Waals surface area (Å²) in [7, 11) is 0. The summed E-state index contributed by atoms with van der Waals surface area (Å²) in [6, 6.07) is 4.23. The predicted molar refractivity (Wildman–Crippen MR) is 115 cm³/mol.